The zero-order valence-corrected chi connectivity index (χ0v) is 14.8. The molecule has 0 aliphatic heterocycles. The normalized spacial score (nSPS) is 14.8. The van der Waals surface area contributed by atoms with Gasteiger partial charge in [-0.1, -0.05) is 56.3 Å². The summed E-state index contributed by atoms with van der Waals surface area (Å²) in [6, 6.07) is 16.6. The lowest BCUT2D eigenvalue weighted by molar-refractivity contribution is -0.122. The maximum absolute atomic E-state index is 12.2. The molecule has 0 bridgehead atoms. The first-order valence-corrected chi connectivity index (χ1v) is 8.30. The van der Waals surface area contributed by atoms with Crippen molar-refractivity contribution < 1.29 is 4.79 Å². The van der Waals surface area contributed by atoms with Crippen LogP contribution in [-0.4, -0.2) is 18.0 Å². The molecule has 24 heavy (non-hydrogen) atoms. The molecule has 2 rings (SSSR count). The van der Waals surface area contributed by atoms with E-state index in [1.807, 2.05) is 39.0 Å². The van der Waals surface area contributed by atoms with Crippen molar-refractivity contribution >= 4 is 16.7 Å². The highest BCUT2D eigenvalue weighted by Gasteiger charge is 2.29. The Kier molecular flexibility index (Phi) is 5.58. The minimum Gasteiger partial charge on any atom is -0.337 e. The van der Waals surface area contributed by atoms with Gasteiger partial charge in [-0.15, -0.1) is 0 Å². The average molecular weight is 323 g/mol. The van der Waals surface area contributed by atoms with E-state index in [4.69, 9.17) is 0 Å². The van der Waals surface area contributed by atoms with E-state index in [2.05, 4.69) is 41.0 Å². The Bertz CT molecular complexity index is 758. The molecule has 2 N–H and O–H groups in total. The van der Waals surface area contributed by atoms with Gasteiger partial charge in [0.25, 0.3) is 0 Å². The molecule has 0 unspecified atom stereocenters. The van der Waals surface area contributed by atoms with Crippen LogP contribution in [-0.2, 0) is 4.79 Å². The number of benzene rings is 2. The molecule has 0 aromatic heterocycles. The van der Waals surface area contributed by atoms with Crippen LogP contribution in [0.1, 0.15) is 39.3 Å². The second kappa shape index (κ2) is 7.46. The molecule has 0 fully saturated rings. The lowest BCUT2D eigenvalue weighted by Crippen LogP contribution is -2.51. The highest BCUT2D eigenvalue weighted by Crippen LogP contribution is 2.23. The van der Waals surface area contributed by atoms with Gasteiger partial charge in [0, 0.05) is 6.04 Å². The SMILES string of the molecule is CC(C)[C@](C)(C#N)NC(=O)CN[C@H](C)c1cccc2ccccc12. The van der Waals surface area contributed by atoms with E-state index >= 15 is 0 Å². The predicted molar refractivity (Wildman–Crippen MR) is 97.4 cm³/mol. The van der Waals surface area contributed by atoms with E-state index in [-0.39, 0.29) is 24.4 Å². The van der Waals surface area contributed by atoms with Crippen molar-refractivity contribution in [1.82, 2.24) is 10.6 Å². The Morgan fingerprint density at radius 2 is 1.83 bits per heavy atom. The van der Waals surface area contributed by atoms with Gasteiger partial charge in [-0.05, 0) is 36.1 Å². The Morgan fingerprint density at radius 1 is 1.17 bits per heavy atom. The standard InChI is InChI=1S/C20H25N3O/c1-14(2)20(4,13-21)23-19(24)12-22-15(3)17-11-7-9-16-8-5-6-10-18(16)17/h5-11,14-15,22H,12H2,1-4H3,(H,23,24)/t15-,20+/m1/s1. The number of hydrogen-bond donors (Lipinski definition) is 2. The zero-order chi connectivity index (χ0) is 17.7. The number of amides is 1. The molecule has 2 aromatic rings. The third-order valence-corrected chi connectivity index (χ3v) is 4.64. The van der Waals surface area contributed by atoms with Crippen LogP contribution >= 0.6 is 0 Å². The van der Waals surface area contributed by atoms with Crippen LogP contribution in [0, 0.1) is 17.2 Å². The topological polar surface area (TPSA) is 64.9 Å². The molecular weight excluding hydrogens is 298 g/mol. The summed E-state index contributed by atoms with van der Waals surface area (Å²) in [5.41, 5.74) is 0.314. The zero-order valence-electron chi connectivity index (χ0n) is 14.8. The number of rotatable bonds is 6. The fraction of sp³-hybridized carbons (Fsp3) is 0.400. The van der Waals surface area contributed by atoms with Crippen LogP contribution in [0.15, 0.2) is 42.5 Å². The molecule has 0 heterocycles. The van der Waals surface area contributed by atoms with E-state index in [9.17, 15) is 10.1 Å². The van der Waals surface area contributed by atoms with Crippen molar-refractivity contribution in [2.75, 3.05) is 6.54 Å². The van der Waals surface area contributed by atoms with E-state index < -0.39 is 5.54 Å². The Morgan fingerprint density at radius 3 is 2.50 bits per heavy atom. The van der Waals surface area contributed by atoms with E-state index in [0.717, 1.165) is 5.56 Å². The maximum atomic E-state index is 12.2. The fourth-order valence-electron chi connectivity index (χ4n) is 2.62. The summed E-state index contributed by atoms with van der Waals surface area (Å²) in [7, 11) is 0. The van der Waals surface area contributed by atoms with Crippen molar-refractivity contribution in [2.45, 2.75) is 39.3 Å². The monoisotopic (exact) mass is 323 g/mol. The summed E-state index contributed by atoms with van der Waals surface area (Å²) in [5, 5.41) is 17.7. The van der Waals surface area contributed by atoms with Gasteiger partial charge in [-0.25, -0.2) is 0 Å². The molecule has 0 spiro atoms. The molecule has 0 radical (unpaired) electrons. The average Bonchev–Trinajstić information content (AvgIpc) is 2.58. The summed E-state index contributed by atoms with van der Waals surface area (Å²) in [6.07, 6.45) is 0. The number of nitrogens with zero attached hydrogens (tertiary/aromatic N) is 1. The van der Waals surface area contributed by atoms with Crippen LogP contribution in [0.5, 0.6) is 0 Å². The van der Waals surface area contributed by atoms with Gasteiger partial charge in [0.1, 0.15) is 5.54 Å². The van der Waals surface area contributed by atoms with Crippen molar-refractivity contribution in [3.05, 3.63) is 48.0 Å². The summed E-state index contributed by atoms with van der Waals surface area (Å²) < 4.78 is 0. The van der Waals surface area contributed by atoms with Gasteiger partial charge in [0.2, 0.25) is 5.91 Å². The highest BCUT2D eigenvalue weighted by atomic mass is 16.2. The van der Waals surface area contributed by atoms with Crippen molar-refractivity contribution in [3.63, 3.8) is 0 Å². The fourth-order valence-corrected chi connectivity index (χ4v) is 2.62. The van der Waals surface area contributed by atoms with Crippen molar-refractivity contribution in [1.29, 1.82) is 5.26 Å². The summed E-state index contributed by atoms with van der Waals surface area (Å²) in [4.78, 5) is 12.2. The molecule has 4 heteroatoms. The molecule has 0 saturated carbocycles. The quantitative estimate of drug-likeness (QED) is 0.854. The van der Waals surface area contributed by atoms with Crippen molar-refractivity contribution in [2.24, 2.45) is 5.92 Å². The van der Waals surface area contributed by atoms with Gasteiger partial charge >= 0.3 is 0 Å². The van der Waals surface area contributed by atoms with Crippen LogP contribution in [0.4, 0.5) is 0 Å². The number of carbonyl (C=O) groups excluding carboxylic acids is 1. The van der Waals surface area contributed by atoms with Gasteiger partial charge in [-0.3, -0.25) is 4.79 Å². The largest absolute Gasteiger partial charge is 0.337 e. The second-order valence-electron chi connectivity index (χ2n) is 6.69. The third-order valence-electron chi connectivity index (χ3n) is 4.64. The molecule has 4 nitrogen and oxygen atoms in total. The molecule has 126 valence electrons. The van der Waals surface area contributed by atoms with E-state index in [1.54, 1.807) is 6.92 Å². The molecule has 0 aliphatic carbocycles. The highest BCUT2D eigenvalue weighted by molar-refractivity contribution is 5.86. The molecule has 0 saturated heterocycles. The smallest absolute Gasteiger partial charge is 0.235 e. The van der Waals surface area contributed by atoms with Gasteiger partial charge in [0.15, 0.2) is 0 Å². The minimum atomic E-state index is -0.846. The molecule has 0 aliphatic rings. The number of hydrogen-bond acceptors (Lipinski definition) is 3. The van der Waals surface area contributed by atoms with E-state index in [1.165, 1.54) is 10.8 Å². The van der Waals surface area contributed by atoms with Crippen LogP contribution < -0.4 is 10.6 Å². The molecular formula is C20H25N3O. The summed E-state index contributed by atoms with van der Waals surface area (Å²) >= 11 is 0. The lowest BCUT2D eigenvalue weighted by Gasteiger charge is -2.27. The lowest BCUT2D eigenvalue weighted by atomic mass is 9.90. The molecule has 2 aromatic carbocycles. The van der Waals surface area contributed by atoms with Gasteiger partial charge in [-0.2, -0.15) is 5.26 Å². The van der Waals surface area contributed by atoms with Crippen LogP contribution in [0.3, 0.4) is 0 Å². The number of fused-ring (bicyclic) bond motifs is 1. The molecule has 1 amide bonds. The Balaban J connectivity index is 2.04. The first kappa shape index (κ1) is 18.0. The van der Waals surface area contributed by atoms with Gasteiger partial charge < -0.3 is 10.6 Å². The summed E-state index contributed by atoms with van der Waals surface area (Å²) in [5.74, 6) is -0.123. The van der Waals surface area contributed by atoms with Crippen LogP contribution in [0.25, 0.3) is 10.8 Å². The number of nitriles is 1. The Hall–Kier alpha value is -2.38. The molecule has 2 atom stereocenters. The van der Waals surface area contributed by atoms with Gasteiger partial charge in [0.05, 0.1) is 12.6 Å². The Labute approximate surface area is 143 Å². The van der Waals surface area contributed by atoms with Crippen LogP contribution in [0.2, 0.25) is 0 Å². The van der Waals surface area contributed by atoms with E-state index in [0.29, 0.717) is 0 Å². The van der Waals surface area contributed by atoms with Crippen molar-refractivity contribution in [3.8, 4) is 6.07 Å². The first-order chi connectivity index (χ1) is 11.4. The first-order valence-electron chi connectivity index (χ1n) is 8.30. The minimum absolute atomic E-state index is 0.0363. The second-order valence-corrected chi connectivity index (χ2v) is 6.69. The summed E-state index contributed by atoms with van der Waals surface area (Å²) in [6.45, 7) is 7.82. The number of nitrogens with one attached hydrogen (secondary N) is 2. The predicted octanol–water partition coefficient (Wildman–Crippen LogP) is 3.54. The maximum Gasteiger partial charge on any atom is 0.235 e. The number of carbonyl (C=O) groups is 1. The third kappa shape index (κ3) is 3.93.